The fraction of sp³-hybridized carbons (Fsp3) is 0.625. The number of nitrogens with one attached hydrogen (secondary N) is 1. The van der Waals surface area contributed by atoms with Gasteiger partial charge in [-0.25, -0.2) is 0 Å². The lowest BCUT2D eigenvalue weighted by Gasteiger charge is -2.17. The average molecular weight is 265 g/mol. The molecule has 0 fully saturated rings. The Balaban J connectivity index is 2.29. The molecule has 0 aliphatic heterocycles. The van der Waals surface area contributed by atoms with Crippen LogP contribution in [0.5, 0.6) is 0 Å². The van der Waals surface area contributed by atoms with Crippen LogP contribution in [-0.2, 0) is 0 Å². The summed E-state index contributed by atoms with van der Waals surface area (Å²) in [6.45, 7) is 7.75. The van der Waals surface area contributed by atoms with E-state index in [0.29, 0.717) is 6.04 Å². The maximum absolute atomic E-state index is 3.63. The highest BCUT2D eigenvalue weighted by molar-refractivity contribution is 7.98. The van der Waals surface area contributed by atoms with Crippen molar-refractivity contribution in [1.29, 1.82) is 0 Å². The molecule has 0 aliphatic carbocycles. The van der Waals surface area contributed by atoms with Gasteiger partial charge in [0, 0.05) is 6.04 Å². The second-order valence-electron chi connectivity index (χ2n) is 5.09. The molecule has 1 unspecified atom stereocenters. The third-order valence-electron chi connectivity index (χ3n) is 3.37. The summed E-state index contributed by atoms with van der Waals surface area (Å²) in [6, 6.07) is 7.20. The molecular weight excluding hydrogens is 238 g/mol. The van der Waals surface area contributed by atoms with Gasteiger partial charge < -0.3 is 5.32 Å². The summed E-state index contributed by atoms with van der Waals surface area (Å²) in [5.74, 6) is 1.30. The molecule has 102 valence electrons. The first-order valence-corrected chi connectivity index (χ1v) is 8.34. The Kier molecular flexibility index (Phi) is 7.45. The maximum atomic E-state index is 3.63. The minimum Gasteiger partial charge on any atom is -0.310 e. The third-order valence-corrected chi connectivity index (χ3v) is 4.06. The van der Waals surface area contributed by atoms with E-state index in [2.05, 4.69) is 50.5 Å². The number of hydrogen-bond acceptors (Lipinski definition) is 2. The van der Waals surface area contributed by atoms with Gasteiger partial charge in [-0.15, -0.1) is 0 Å². The van der Waals surface area contributed by atoms with Gasteiger partial charge in [-0.1, -0.05) is 30.2 Å². The zero-order valence-electron chi connectivity index (χ0n) is 12.3. The SMILES string of the molecule is CSCCCCCNC(C)c1ccc(C)cc1C. The van der Waals surface area contributed by atoms with Gasteiger partial charge in [0.1, 0.15) is 0 Å². The zero-order valence-corrected chi connectivity index (χ0v) is 13.1. The molecule has 1 rings (SSSR count). The van der Waals surface area contributed by atoms with Crippen molar-refractivity contribution in [3.63, 3.8) is 0 Å². The van der Waals surface area contributed by atoms with Crippen LogP contribution in [0.25, 0.3) is 0 Å². The van der Waals surface area contributed by atoms with Gasteiger partial charge in [-0.05, 0) is 63.3 Å². The highest BCUT2D eigenvalue weighted by Crippen LogP contribution is 2.18. The van der Waals surface area contributed by atoms with Crippen LogP contribution in [0, 0.1) is 13.8 Å². The van der Waals surface area contributed by atoms with Crippen LogP contribution in [0.2, 0.25) is 0 Å². The normalized spacial score (nSPS) is 12.7. The summed E-state index contributed by atoms with van der Waals surface area (Å²) < 4.78 is 0. The van der Waals surface area contributed by atoms with Crippen molar-refractivity contribution in [2.24, 2.45) is 0 Å². The largest absolute Gasteiger partial charge is 0.310 e. The van der Waals surface area contributed by atoms with Crippen molar-refractivity contribution in [1.82, 2.24) is 5.32 Å². The molecule has 0 bridgehead atoms. The predicted molar refractivity (Wildman–Crippen MR) is 84.6 cm³/mol. The van der Waals surface area contributed by atoms with Gasteiger partial charge in [0.25, 0.3) is 0 Å². The highest BCUT2D eigenvalue weighted by Gasteiger charge is 2.07. The molecule has 0 aliphatic rings. The van der Waals surface area contributed by atoms with Crippen molar-refractivity contribution in [2.45, 2.75) is 46.1 Å². The molecule has 0 saturated carbocycles. The van der Waals surface area contributed by atoms with Gasteiger partial charge in [0.05, 0.1) is 0 Å². The third kappa shape index (κ3) is 5.45. The van der Waals surface area contributed by atoms with Crippen LogP contribution in [0.3, 0.4) is 0 Å². The van der Waals surface area contributed by atoms with Gasteiger partial charge in [0.15, 0.2) is 0 Å². The summed E-state index contributed by atoms with van der Waals surface area (Å²) >= 11 is 1.95. The van der Waals surface area contributed by atoms with Crippen LogP contribution in [0.1, 0.15) is 48.9 Å². The fourth-order valence-electron chi connectivity index (χ4n) is 2.29. The van der Waals surface area contributed by atoms with Crippen molar-refractivity contribution >= 4 is 11.8 Å². The average Bonchev–Trinajstić information content (AvgIpc) is 2.33. The first-order chi connectivity index (χ1) is 8.65. The quantitative estimate of drug-likeness (QED) is 0.695. The summed E-state index contributed by atoms with van der Waals surface area (Å²) in [7, 11) is 0. The number of benzene rings is 1. The Bertz CT molecular complexity index is 349. The molecule has 0 heterocycles. The van der Waals surface area contributed by atoms with Crippen LogP contribution in [-0.4, -0.2) is 18.6 Å². The van der Waals surface area contributed by atoms with Crippen LogP contribution < -0.4 is 5.32 Å². The summed E-state index contributed by atoms with van der Waals surface area (Å²) in [5, 5.41) is 3.63. The van der Waals surface area contributed by atoms with E-state index >= 15 is 0 Å². The molecule has 0 radical (unpaired) electrons. The molecule has 1 aromatic carbocycles. The molecular formula is C16H27NS. The predicted octanol–water partition coefficient (Wildman–Crippen LogP) is 4.49. The fourth-order valence-corrected chi connectivity index (χ4v) is 2.78. The highest BCUT2D eigenvalue weighted by atomic mass is 32.2. The van der Waals surface area contributed by atoms with E-state index < -0.39 is 0 Å². The van der Waals surface area contributed by atoms with E-state index in [1.807, 2.05) is 11.8 Å². The molecule has 0 spiro atoms. The number of hydrogen-bond donors (Lipinski definition) is 1. The van der Waals surface area contributed by atoms with Crippen molar-refractivity contribution in [3.8, 4) is 0 Å². The minimum atomic E-state index is 0.464. The number of rotatable bonds is 8. The van der Waals surface area contributed by atoms with E-state index in [9.17, 15) is 0 Å². The molecule has 0 amide bonds. The van der Waals surface area contributed by atoms with E-state index in [1.54, 1.807) is 0 Å². The second-order valence-corrected chi connectivity index (χ2v) is 6.07. The van der Waals surface area contributed by atoms with Crippen LogP contribution in [0.15, 0.2) is 18.2 Å². The standard InChI is InChI=1S/C16H27NS/c1-13-8-9-16(14(2)12-13)15(3)17-10-6-5-7-11-18-4/h8-9,12,15,17H,5-7,10-11H2,1-4H3. The second kappa shape index (κ2) is 8.60. The van der Waals surface area contributed by atoms with E-state index in [1.165, 1.54) is 41.7 Å². The van der Waals surface area contributed by atoms with Crippen molar-refractivity contribution in [3.05, 3.63) is 34.9 Å². The Labute approximate surface area is 117 Å². The molecule has 1 N–H and O–H groups in total. The van der Waals surface area contributed by atoms with Crippen LogP contribution in [0.4, 0.5) is 0 Å². The van der Waals surface area contributed by atoms with Gasteiger partial charge in [-0.3, -0.25) is 0 Å². The van der Waals surface area contributed by atoms with E-state index in [4.69, 9.17) is 0 Å². The first-order valence-electron chi connectivity index (χ1n) is 6.94. The molecule has 18 heavy (non-hydrogen) atoms. The number of unbranched alkanes of at least 4 members (excludes halogenated alkanes) is 2. The number of thioether (sulfide) groups is 1. The Hall–Kier alpha value is -0.470. The monoisotopic (exact) mass is 265 g/mol. The van der Waals surface area contributed by atoms with E-state index in [0.717, 1.165) is 6.54 Å². The van der Waals surface area contributed by atoms with Crippen molar-refractivity contribution < 1.29 is 0 Å². The Morgan fingerprint density at radius 3 is 2.61 bits per heavy atom. The lowest BCUT2D eigenvalue weighted by atomic mass is 10.0. The minimum absolute atomic E-state index is 0.464. The molecule has 0 saturated heterocycles. The van der Waals surface area contributed by atoms with E-state index in [-0.39, 0.29) is 0 Å². The summed E-state index contributed by atoms with van der Waals surface area (Å²) in [4.78, 5) is 0. The van der Waals surface area contributed by atoms with Gasteiger partial charge in [0.2, 0.25) is 0 Å². The number of aryl methyl sites for hydroxylation is 2. The lowest BCUT2D eigenvalue weighted by Crippen LogP contribution is -2.20. The first kappa shape index (κ1) is 15.6. The molecule has 1 nitrogen and oxygen atoms in total. The zero-order chi connectivity index (χ0) is 13.4. The molecule has 0 aromatic heterocycles. The smallest absolute Gasteiger partial charge is 0.0294 e. The molecule has 1 atom stereocenters. The van der Waals surface area contributed by atoms with Gasteiger partial charge in [-0.2, -0.15) is 11.8 Å². The Morgan fingerprint density at radius 1 is 1.17 bits per heavy atom. The lowest BCUT2D eigenvalue weighted by molar-refractivity contribution is 0.543. The van der Waals surface area contributed by atoms with Gasteiger partial charge >= 0.3 is 0 Å². The maximum Gasteiger partial charge on any atom is 0.0294 e. The molecule has 2 heteroatoms. The summed E-state index contributed by atoms with van der Waals surface area (Å²) in [6.07, 6.45) is 6.16. The van der Waals surface area contributed by atoms with Crippen LogP contribution >= 0.6 is 11.8 Å². The van der Waals surface area contributed by atoms with Crippen molar-refractivity contribution in [2.75, 3.05) is 18.6 Å². The topological polar surface area (TPSA) is 12.0 Å². The summed E-state index contributed by atoms with van der Waals surface area (Å²) in [5.41, 5.74) is 4.18. The molecule has 1 aromatic rings. The Morgan fingerprint density at radius 2 is 1.94 bits per heavy atom.